The summed E-state index contributed by atoms with van der Waals surface area (Å²) >= 11 is 0. The molecule has 24 heavy (non-hydrogen) atoms. The van der Waals surface area contributed by atoms with Crippen LogP contribution in [0.1, 0.15) is 21.6 Å². The highest BCUT2D eigenvalue weighted by atomic mass is 16.2. The largest absolute Gasteiger partial charge is 0.340 e. The number of amides is 1. The average molecular weight is 318 g/mol. The van der Waals surface area contributed by atoms with Crippen LogP contribution < -0.4 is 5.43 Å². The standard InChI is InChI=1S/C19H18N4O/c1-3-11-23-14(2)17(16-8-4-5-9-18(16)23)13-21-22-19(24)15-7-6-10-20-12-15/h3-10,12-13H,1,11H2,2H3,(H,22,24)/b21-13-. The molecule has 1 amide bonds. The molecule has 120 valence electrons. The summed E-state index contributed by atoms with van der Waals surface area (Å²) in [4.78, 5) is 15.9. The first-order valence-corrected chi connectivity index (χ1v) is 7.64. The molecule has 0 aliphatic rings. The molecule has 3 aromatic rings. The fraction of sp³-hybridized carbons (Fsp3) is 0.105. The van der Waals surface area contributed by atoms with Crippen LogP contribution in [0.5, 0.6) is 0 Å². The van der Waals surface area contributed by atoms with E-state index in [-0.39, 0.29) is 5.91 Å². The van der Waals surface area contributed by atoms with E-state index in [9.17, 15) is 4.79 Å². The van der Waals surface area contributed by atoms with Crippen molar-refractivity contribution >= 4 is 23.0 Å². The van der Waals surface area contributed by atoms with Gasteiger partial charge in [-0.05, 0) is 25.1 Å². The van der Waals surface area contributed by atoms with Gasteiger partial charge in [-0.25, -0.2) is 5.43 Å². The first kappa shape index (κ1) is 15.7. The number of hydrazone groups is 1. The summed E-state index contributed by atoms with van der Waals surface area (Å²) in [7, 11) is 0. The highest BCUT2D eigenvalue weighted by Crippen LogP contribution is 2.24. The molecule has 0 radical (unpaired) electrons. The number of benzene rings is 1. The summed E-state index contributed by atoms with van der Waals surface area (Å²) in [5, 5.41) is 5.20. The Kier molecular flexibility index (Phi) is 4.52. The lowest BCUT2D eigenvalue weighted by molar-refractivity contribution is 0.0955. The van der Waals surface area contributed by atoms with Crippen LogP contribution in [-0.4, -0.2) is 21.7 Å². The number of pyridine rings is 1. The van der Waals surface area contributed by atoms with E-state index in [0.717, 1.165) is 28.7 Å². The second-order valence-corrected chi connectivity index (χ2v) is 5.36. The molecular weight excluding hydrogens is 300 g/mol. The molecule has 2 heterocycles. The van der Waals surface area contributed by atoms with Gasteiger partial charge in [0.15, 0.2) is 0 Å². The molecule has 1 aromatic carbocycles. The SMILES string of the molecule is C=CCn1c(C)c(/C=N\NC(=O)c2cccnc2)c2ccccc21. The molecule has 0 aliphatic carbocycles. The number of aromatic nitrogens is 2. The summed E-state index contributed by atoms with van der Waals surface area (Å²) in [6, 6.07) is 11.5. The molecule has 0 atom stereocenters. The second kappa shape index (κ2) is 6.91. The smallest absolute Gasteiger partial charge is 0.272 e. The lowest BCUT2D eigenvalue weighted by Gasteiger charge is -2.04. The Labute approximate surface area is 140 Å². The number of fused-ring (bicyclic) bond motifs is 1. The maximum absolute atomic E-state index is 12.0. The highest BCUT2D eigenvalue weighted by molar-refractivity contribution is 6.02. The van der Waals surface area contributed by atoms with E-state index in [0.29, 0.717) is 5.56 Å². The zero-order chi connectivity index (χ0) is 16.9. The van der Waals surface area contributed by atoms with Gasteiger partial charge in [-0.1, -0.05) is 24.3 Å². The highest BCUT2D eigenvalue weighted by Gasteiger charge is 2.11. The van der Waals surface area contributed by atoms with Gasteiger partial charge in [0.1, 0.15) is 0 Å². The van der Waals surface area contributed by atoms with E-state index in [1.807, 2.05) is 31.2 Å². The fourth-order valence-electron chi connectivity index (χ4n) is 2.70. The number of carbonyl (C=O) groups is 1. The number of nitrogens with one attached hydrogen (secondary N) is 1. The minimum Gasteiger partial charge on any atom is -0.340 e. The number of hydrogen-bond acceptors (Lipinski definition) is 3. The molecule has 0 bridgehead atoms. The van der Waals surface area contributed by atoms with Gasteiger partial charge in [0.2, 0.25) is 0 Å². The molecule has 0 spiro atoms. The molecule has 5 heteroatoms. The number of allylic oxidation sites excluding steroid dienone is 1. The molecule has 5 nitrogen and oxygen atoms in total. The summed E-state index contributed by atoms with van der Waals surface area (Å²) in [5.41, 5.74) is 6.20. The van der Waals surface area contributed by atoms with Gasteiger partial charge in [-0.15, -0.1) is 6.58 Å². The Morgan fingerprint density at radius 3 is 2.92 bits per heavy atom. The van der Waals surface area contributed by atoms with Crippen LogP contribution in [0.15, 0.2) is 66.5 Å². The van der Waals surface area contributed by atoms with Crippen molar-refractivity contribution in [3.63, 3.8) is 0 Å². The van der Waals surface area contributed by atoms with Gasteiger partial charge in [0.25, 0.3) is 5.91 Å². The molecule has 2 aromatic heterocycles. The van der Waals surface area contributed by atoms with Crippen molar-refractivity contribution < 1.29 is 4.79 Å². The molecular formula is C19H18N4O. The van der Waals surface area contributed by atoms with Gasteiger partial charge in [-0.2, -0.15) is 5.10 Å². The Morgan fingerprint density at radius 2 is 2.17 bits per heavy atom. The summed E-state index contributed by atoms with van der Waals surface area (Å²) in [5.74, 6) is -0.285. The van der Waals surface area contributed by atoms with E-state index in [4.69, 9.17) is 0 Å². The van der Waals surface area contributed by atoms with Crippen molar-refractivity contribution in [2.75, 3.05) is 0 Å². The first-order valence-electron chi connectivity index (χ1n) is 7.64. The van der Waals surface area contributed by atoms with Gasteiger partial charge >= 0.3 is 0 Å². The molecule has 3 rings (SSSR count). The van der Waals surface area contributed by atoms with Crippen molar-refractivity contribution in [2.24, 2.45) is 5.10 Å². The van der Waals surface area contributed by atoms with E-state index in [1.165, 1.54) is 6.20 Å². The Balaban J connectivity index is 1.88. The minimum absolute atomic E-state index is 0.285. The van der Waals surface area contributed by atoms with Crippen molar-refractivity contribution in [1.82, 2.24) is 15.0 Å². The topological polar surface area (TPSA) is 59.3 Å². The first-order chi connectivity index (χ1) is 11.7. The predicted octanol–water partition coefficient (Wildman–Crippen LogP) is 3.29. The van der Waals surface area contributed by atoms with Crippen molar-refractivity contribution in [3.8, 4) is 0 Å². The number of hydrogen-bond donors (Lipinski definition) is 1. The average Bonchev–Trinajstić information content (AvgIpc) is 2.88. The van der Waals surface area contributed by atoms with Crippen molar-refractivity contribution in [2.45, 2.75) is 13.5 Å². The third-order valence-corrected chi connectivity index (χ3v) is 3.87. The second-order valence-electron chi connectivity index (χ2n) is 5.36. The van der Waals surface area contributed by atoms with Crippen molar-refractivity contribution in [1.29, 1.82) is 0 Å². The quantitative estimate of drug-likeness (QED) is 0.446. The molecule has 0 saturated heterocycles. The van der Waals surface area contributed by atoms with Crippen LogP contribution >= 0.6 is 0 Å². The number of carbonyl (C=O) groups excluding carboxylic acids is 1. The number of rotatable bonds is 5. The molecule has 0 unspecified atom stereocenters. The van der Waals surface area contributed by atoms with Crippen LogP contribution in [-0.2, 0) is 6.54 Å². The van der Waals surface area contributed by atoms with Gasteiger partial charge in [0.05, 0.1) is 11.8 Å². The van der Waals surface area contributed by atoms with Gasteiger partial charge in [0, 0.05) is 41.1 Å². The zero-order valence-electron chi connectivity index (χ0n) is 13.4. The minimum atomic E-state index is -0.285. The zero-order valence-corrected chi connectivity index (χ0v) is 13.4. The fourth-order valence-corrected chi connectivity index (χ4v) is 2.70. The van der Waals surface area contributed by atoms with E-state index >= 15 is 0 Å². The third kappa shape index (κ3) is 2.96. The van der Waals surface area contributed by atoms with Gasteiger partial charge < -0.3 is 4.57 Å². The van der Waals surface area contributed by atoms with Crippen LogP contribution in [0.3, 0.4) is 0 Å². The Hall–Kier alpha value is -3.21. The lowest BCUT2D eigenvalue weighted by atomic mass is 10.1. The number of para-hydroxylation sites is 1. The van der Waals surface area contributed by atoms with Gasteiger partial charge in [-0.3, -0.25) is 9.78 Å². The van der Waals surface area contributed by atoms with E-state index < -0.39 is 0 Å². The molecule has 0 fully saturated rings. The Morgan fingerprint density at radius 1 is 1.33 bits per heavy atom. The lowest BCUT2D eigenvalue weighted by Crippen LogP contribution is -2.17. The number of nitrogens with zero attached hydrogens (tertiary/aromatic N) is 3. The van der Waals surface area contributed by atoms with E-state index in [1.54, 1.807) is 24.5 Å². The summed E-state index contributed by atoms with van der Waals surface area (Å²) in [6.45, 7) is 6.57. The van der Waals surface area contributed by atoms with E-state index in [2.05, 4.69) is 32.7 Å². The maximum atomic E-state index is 12.0. The van der Waals surface area contributed by atoms with Crippen LogP contribution in [0.2, 0.25) is 0 Å². The maximum Gasteiger partial charge on any atom is 0.272 e. The summed E-state index contributed by atoms with van der Waals surface area (Å²) in [6.07, 6.45) is 6.68. The van der Waals surface area contributed by atoms with Crippen LogP contribution in [0, 0.1) is 6.92 Å². The third-order valence-electron chi connectivity index (χ3n) is 3.87. The van der Waals surface area contributed by atoms with Crippen molar-refractivity contribution in [3.05, 3.63) is 78.3 Å². The normalized spacial score (nSPS) is 11.0. The molecule has 1 N–H and O–H groups in total. The summed E-state index contributed by atoms with van der Waals surface area (Å²) < 4.78 is 2.17. The predicted molar refractivity (Wildman–Crippen MR) is 96.2 cm³/mol. The van der Waals surface area contributed by atoms with Crippen LogP contribution in [0.25, 0.3) is 10.9 Å². The molecule has 0 saturated carbocycles. The monoisotopic (exact) mass is 318 g/mol. The Bertz CT molecular complexity index is 910. The van der Waals surface area contributed by atoms with Crippen LogP contribution in [0.4, 0.5) is 0 Å². The molecule has 0 aliphatic heterocycles.